The fourth-order valence-electron chi connectivity index (χ4n) is 1.80. The van der Waals surface area contributed by atoms with Gasteiger partial charge in [0, 0.05) is 0 Å². The van der Waals surface area contributed by atoms with Crippen molar-refractivity contribution < 1.29 is 26.4 Å². The summed E-state index contributed by atoms with van der Waals surface area (Å²) < 4.78 is 61.4. The van der Waals surface area contributed by atoms with E-state index in [-0.39, 0.29) is 0 Å². The molecule has 22 heavy (non-hydrogen) atoms. The monoisotopic (exact) mass is 331 g/mol. The molecule has 0 fully saturated rings. The molecule has 0 radical (unpaired) electrons. The number of hydrogen-bond acceptors (Lipinski definition) is 4. The molecule has 0 aliphatic heterocycles. The van der Waals surface area contributed by atoms with Gasteiger partial charge in [0.25, 0.3) is 16.4 Å². The van der Waals surface area contributed by atoms with Gasteiger partial charge in [-0.3, -0.25) is 4.72 Å². The van der Waals surface area contributed by atoms with Crippen molar-refractivity contribution in [3.05, 3.63) is 41.7 Å². The molecule has 0 amide bonds. The molecule has 2 rings (SSSR count). The van der Waals surface area contributed by atoms with Gasteiger partial charge in [0.15, 0.2) is 5.76 Å². The first-order chi connectivity index (χ1) is 10.3. The molecule has 5 nitrogen and oxygen atoms in total. The number of furan rings is 1. The molecule has 1 N–H and O–H groups in total. The number of aryl methyl sites for hydroxylation is 1. The number of halogens is 2. The van der Waals surface area contributed by atoms with Crippen molar-refractivity contribution in [2.75, 3.05) is 11.3 Å². The first-order valence-electron chi connectivity index (χ1n) is 6.47. The Hall–Kier alpha value is -2.09. The van der Waals surface area contributed by atoms with Crippen molar-refractivity contribution >= 4 is 15.7 Å². The average molecular weight is 331 g/mol. The number of hydrogen-bond donors (Lipinski definition) is 1. The third-order valence-electron chi connectivity index (χ3n) is 2.84. The predicted octanol–water partition coefficient (Wildman–Crippen LogP) is 3.73. The maximum absolute atomic E-state index is 12.5. The van der Waals surface area contributed by atoms with Crippen molar-refractivity contribution in [1.29, 1.82) is 0 Å². The number of benzene rings is 1. The van der Waals surface area contributed by atoms with Crippen LogP contribution >= 0.6 is 0 Å². The highest BCUT2D eigenvalue weighted by atomic mass is 32.2. The lowest BCUT2D eigenvalue weighted by molar-refractivity contribution is 0.116. The van der Waals surface area contributed by atoms with Gasteiger partial charge in [-0.2, -0.15) is 8.42 Å². The minimum absolute atomic E-state index is 0.318. The maximum atomic E-state index is 12.5. The summed E-state index contributed by atoms with van der Waals surface area (Å²) in [5.41, 5.74) is 0.952. The SMILES string of the molecule is CCOc1ccc(NS(=O)(=O)c2ccc(C(F)F)o2)c(C)c1. The average Bonchev–Trinajstić information content (AvgIpc) is 2.93. The van der Waals surface area contributed by atoms with E-state index in [1.54, 1.807) is 19.1 Å². The van der Waals surface area contributed by atoms with Crippen LogP contribution in [0.3, 0.4) is 0 Å². The second-order valence-electron chi connectivity index (χ2n) is 4.47. The highest BCUT2D eigenvalue weighted by Crippen LogP contribution is 2.27. The van der Waals surface area contributed by atoms with E-state index in [1.165, 1.54) is 6.07 Å². The Morgan fingerprint density at radius 3 is 2.55 bits per heavy atom. The van der Waals surface area contributed by atoms with Crippen LogP contribution < -0.4 is 9.46 Å². The van der Waals surface area contributed by atoms with Gasteiger partial charge in [-0.1, -0.05) is 0 Å². The second kappa shape index (κ2) is 6.35. The fourth-order valence-corrected chi connectivity index (χ4v) is 2.87. The number of alkyl halides is 2. The zero-order valence-corrected chi connectivity index (χ0v) is 12.8. The van der Waals surface area contributed by atoms with E-state index >= 15 is 0 Å². The van der Waals surface area contributed by atoms with Crippen molar-refractivity contribution in [3.63, 3.8) is 0 Å². The molecule has 120 valence electrons. The predicted molar refractivity (Wildman–Crippen MR) is 76.8 cm³/mol. The van der Waals surface area contributed by atoms with Gasteiger partial charge in [0.2, 0.25) is 5.09 Å². The normalized spacial score (nSPS) is 11.7. The van der Waals surface area contributed by atoms with Crippen LogP contribution in [0.4, 0.5) is 14.5 Å². The molecule has 1 heterocycles. The van der Waals surface area contributed by atoms with Crippen LogP contribution in [0.25, 0.3) is 0 Å². The molecular weight excluding hydrogens is 316 g/mol. The van der Waals surface area contributed by atoms with Crippen molar-refractivity contribution in [2.45, 2.75) is 25.4 Å². The van der Waals surface area contributed by atoms with Gasteiger partial charge in [0.05, 0.1) is 12.3 Å². The van der Waals surface area contributed by atoms with Gasteiger partial charge in [0.1, 0.15) is 5.75 Å². The summed E-state index contributed by atoms with van der Waals surface area (Å²) in [6, 6.07) is 6.75. The van der Waals surface area contributed by atoms with E-state index in [0.29, 0.717) is 23.6 Å². The smallest absolute Gasteiger partial charge is 0.295 e. The lowest BCUT2D eigenvalue weighted by Crippen LogP contribution is -2.13. The lowest BCUT2D eigenvalue weighted by atomic mass is 10.2. The van der Waals surface area contributed by atoms with Crippen LogP contribution in [0.5, 0.6) is 5.75 Å². The largest absolute Gasteiger partial charge is 0.494 e. The summed E-state index contributed by atoms with van der Waals surface area (Å²) in [4.78, 5) is 0. The zero-order chi connectivity index (χ0) is 16.3. The molecule has 2 aromatic rings. The molecule has 0 atom stereocenters. The summed E-state index contributed by atoms with van der Waals surface area (Å²) in [5.74, 6) is -0.0790. The Kier molecular flexibility index (Phi) is 4.70. The Morgan fingerprint density at radius 2 is 2.00 bits per heavy atom. The Bertz CT molecular complexity index is 756. The molecule has 1 aromatic carbocycles. The van der Waals surface area contributed by atoms with Crippen LogP contribution in [0.1, 0.15) is 24.7 Å². The van der Waals surface area contributed by atoms with Gasteiger partial charge in [-0.25, -0.2) is 8.78 Å². The van der Waals surface area contributed by atoms with E-state index in [1.807, 2.05) is 6.92 Å². The topological polar surface area (TPSA) is 68.5 Å². The van der Waals surface area contributed by atoms with Crippen LogP contribution in [0, 0.1) is 6.92 Å². The van der Waals surface area contributed by atoms with Gasteiger partial charge in [-0.15, -0.1) is 0 Å². The van der Waals surface area contributed by atoms with E-state index in [9.17, 15) is 17.2 Å². The number of sulfonamides is 1. The molecule has 0 saturated carbocycles. The third kappa shape index (κ3) is 3.56. The first kappa shape index (κ1) is 16.3. The maximum Gasteiger partial charge on any atom is 0.295 e. The lowest BCUT2D eigenvalue weighted by Gasteiger charge is -2.11. The number of ether oxygens (including phenoxy) is 1. The molecule has 0 bridgehead atoms. The molecule has 0 saturated heterocycles. The van der Waals surface area contributed by atoms with E-state index in [2.05, 4.69) is 9.14 Å². The zero-order valence-electron chi connectivity index (χ0n) is 12.0. The number of nitrogens with one attached hydrogen (secondary N) is 1. The highest BCUT2D eigenvalue weighted by molar-refractivity contribution is 7.92. The first-order valence-corrected chi connectivity index (χ1v) is 7.96. The van der Waals surface area contributed by atoms with Crippen LogP contribution in [0.2, 0.25) is 0 Å². The molecule has 8 heteroatoms. The molecule has 0 aliphatic rings. The molecule has 0 spiro atoms. The highest BCUT2D eigenvalue weighted by Gasteiger charge is 2.22. The van der Waals surface area contributed by atoms with Crippen LogP contribution in [-0.4, -0.2) is 15.0 Å². The van der Waals surface area contributed by atoms with Crippen LogP contribution in [-0.2, 0) is 10.0 Å². The van der Waals surface area contributed by atoms with Gasteiger partial charge in [-0.05, 0) is 49.7 Å². The summed E-state index contributed by atoms with van der Waals surface area (Å²) >= 11 is 0. The Balaban J connectivity index is 2.24. The van der Waals surface area contributed by atoms with E-state index in [4.69, 9.17) is 4.74 Å². The molecule has 0 unspecified atom stereocenters. The summed E-state index contributed by atoms with van der Waals surface area (Å²) in [7, 11) is -4.06. The summed E-state index contributed by atoms with van der Waals surface area (Å²) in [6.07, 6.45) is -2.86. The second-order valence-corrected chi connectivity index (χ2v) is 6.09. The third-order valence-corrected chi connectivity index (χ3v) is 4.07. The number of rotatable bonds is 6. The summed E-state index contributed by atoms with van der Waals surface area (Å²) in [6.45, 7) is 4.03. The van der Waals surface area contributed by atoms with Crippen molar-refractivity contribution in [1.82, 2.24) is 0 Å². The summed E-state index contributed by atoms with van der Waals surface area (Å²) in [5, 5.41) is -0.559. The van der Waals surface area contributed by atoms with E-state index in [0.717, 1.165) is 12.1 Å². The number of anilines is 1. The van der Waals surface area contributed by atoms with Crippen molar-refractivity contribution in [3.8, 4) is 5.75 Å². The standard InChI is InChI=1S/C14H15F2NO4S/c1-3-20-10-4-5-11(9(2)8-10)17-22(18,19)13-7-6-12(21-13)14(15)16/h4-8,14,17H,3H2,1-2H3. The van der Waals surface area contributed by atoms with Crippen molar-refractivity contribution in [2.24, 2.45) is 0 Å². The minimum Gasteiger partial charge on any atom is -0.494 e. The molecular formula is C14H15F2NO4S. The van der Waals surface area contributed by atoms with Crippen LogP contribution in [0.15, 0.2) is 39.8 Å². The Morgan fingerprint density at radius 1 is 1.27 bits per heavy atom. The molecule has 1 aromatic heterocycles. The van der Waals surface area contributed by atoms with Gasteiger partial charge >= 0.3 is 0 Å². The fraction of sp³-hybridized carbons (Fsp3) is 0.286. The van der Waals surface area contributed by atoms with Gasteiger partial charge < -0.3 is 9.15 Å². The molecule has 0 aliphatic carbocycles. The minimum atomic E-state index is -4.06. The Labute approximate surface area is 126 Å². The quantitative estimate of drug-likeness (QED) is 0.876. The van der Waals surface area contributed by atoms with E-state index < -0.39 is 27.3 Å².